The second-order valence-corrected chi connectivity index (χ2v) is 6.34. The zero-order chi connectivity index (χ0) is 12.7. The van der Waals surface area contributed by atoms with Gasteiger partial charge in [0.15, 0.2) is 0 Å². The van der Waals surface area contributed by atoms with Gasteiger partial charge < -0.3 is 5.73 Å². The number of nitrogens with two attached hydrogens (primary N) is 1. The van der Waals surface area contributed by atoms with Crippen LogP contribution in [0.15, 0.2) is 35.7 Å². The van der Waals surface area contributed by atoms with Crippen LogP contribution in [-0.4, -0.2) is 0 Å². The Hall–Kier alpha value is -1.23. The van der Waals surface area contributed by atoms with Crippen LogP contribution in [0.3, 0.4) is 0 Å². The van der Waals surface area contributed by atoms with Gasteiger partial charge >= 0.3 is 0 Å². The van der Waals surface area contributed by atoms with Crippen LogP contribution in [0.5, 0.6) is 0 Å². The number of hydrogen-bond donors (Lipinski definition) is 1. The third-order valence-electron chi connectivity index (χ3n) is 3.04. The van der Waals surface area contributed by atoms with Crippen LogP contribution in [0, 0.1) is 12.7 Å². The maximum atomic E-state index is 13.3. The summed E-state index contributed by atoms with van der Waals surface area (Å²) in [6, 6.07) is 8.75. The minimum atomic E-state index is -0.245. The van der Waals surface area contributed by atoms with Gasteiger partial charge in [-0.25, -0.2) is 4.39 Å². The summed E-state index contributed by atoms with van der Waals surface area (Å²) in [4.78, 5) is 1.09. The summed E-state index contributed by atoms with van der Waals surface area (Å²) >= 11 is 3.39. The Labute approximate surface area is 113 Å². The molecule has 0 aliphatic rings. The zero-order valence-electron chi connectivity index (χ0n) is 9.81. The molecule has 2 aromatic heterocycles. The third-order valence-corrected chi connectivity index (χ3v) is 5.22. The number of thiophene rings is 2. The minimum absolute atomic E-state index is 0.232. The molecule has 0 aliphatic heterocycles. The average molecular weight is 277 g/mol. The Balaban J connectivity index is 2.05. The summed E-state index contributed by atoms with van der Waals surface area (Å²) in [6.07, 6.45) is 0. The van der Waals surface area contributed by atoms with Crippen molar-refractivity contribution in [1.29, 1.82) is 0 Å². The van der Waals surface area contributed by atoms with E-state index >= 15 is 0 Å². The van der Waals surface area contributed by atoms with Gasteiger partial charge in [0.1, 0.15) is 5.82 Å². The molecule has 0 bridgehead atoms. The molecule has 92 valence electrons. The van der Waals surface area contributed by atoms with Gasteiger partial charge in [0.25, 0.3) is 0 Å². The largest absolute Gasteiger partial charge is 0.320 e. The smallest absolute Gasteiger partial charge is 0.123 e. The zero-order valence-corrected chi connectivity index (χ0v) is 11.4. The van der Waals surface area contributed by atoms with E-state index < -0.39 is 0 Å². The first-order valence-corrected chi connectivity index (χ1v) is 7.33. The molecule has 0 fully saturated rings. The van der Waals surface area contributed by atoms with Crippen molar-refractivity contribution in [2.75, 3.05) is 0 Å². The minimum Gasteiger partial charge on any atom is -0.320 e. The second kappa shape index (κ2) is 4.46. The van der Waals surface area contributed by atoms with Crippen LogP contribution in [0.2, 0.25) is 0 Å². The molecule has 0 amide bonds. The molecule has 1 atom stereocenters. The van der Waals surface area contributed by atoms with E-state index in [0.717, 1.165) is 16.0 Å². The van der Waals surface area contributed by atoms with E-state index in [4.69, 9.17) is 5.73 Å². The van der Waals surface area contributed by atoms with E-state index in [1.54, 1.807) is 28.7 Å². The molecule has 1 aromatic carbocycles. The maximum absolute atomic E-state index is 13.3. The molecule has 18 heavy (non-hydrogen) atoms. The van der Waals surface area contributed by atoms with Gasteiger partial charge in [0.2, 0.25) is 0 Å². The van der Waals surface area contributed by atoms with Crippen LogP contribution in [0.4, 0.5) is 4.39 Å². The van der Waals surface area contributed by atoms with Crippen LogP contribution in [0.25, 0.3) is 9.40 Å². The number of hydrogen-bond acceptors (Lipinski definition) is 3. The van der Waals surface area contributed by atoms with Gasteiger partial charge in [0.05, 0.1) is 6.04 Å². The van der Waals surface area contributed by atoms with Crippen molar-refractivity contribution in [2.45, 2.75) is 13.0 Å². The molecule has 0 radical (unpaired) electrons. The van der Waals surface area contributed by atoms with Crippen molar-refractivity contribution in [3.8, 4) is 0 Å². The molecule has 0 aliphatic carbocycles. The summed E-state index contributed by atoms with van der Waals surface area (Å²) in [5, 5.41) is 2.07. The molecule has 0 spiro atoms. The first-order chi connectivity index (χ1) is 8.65. The molecule has 0 saturated heterocycles. The highest BCUT2D eigenvalue weighted by atomic mass is 32.1. The van der Waals surface area contributed by atoms with Crippen LogP contribution < -0.4 is 5.73 Å². The number of halogens is 1. The molecule has 3 aromatic rings. The van der Waals surface area contributed by atoms with Crippen molar-refractivity contribution in [2.24, 2.45) is 5.73 Å². The summed E-state index contributed by atoms with van der Waals surface area (Å²) in [7, 11) is 0. The predicted molar refractivity (Wildman–Crippen MR) is 76.9 cm³/mol. The van der Waals surface area contributed by atoms with Gasteiger partial charge in [-0.2, -0.15) is 0 Å². The van der Waals surface area contributed by atoms with Crippen molar-refractivity contribution < 1.29 is 4.39 Å². The molecule has 0 saturated carbocycles. The lowest BCUT2D eigenvalue weighted by Gasteiger charge is -2.13. The first-order valence-electron chi connectivity index (χ1n) is 5.64. The van der Waals surface area contributed by atoms with Crippen molar-refractivity contribution in [1.82, 2.24) is 0 Å². The van der Waals surface area contributed by atoms with E-state index in [1.807, 2.05) is 6.92 Å². The van der Waals surface area contributed by atoms with Crippen LogP contribution >= 0.6 is 22.7 Å². The fraction of sp³-hybridized carbons (Fsp3) is 0.143. The quantitative estimate of drug-likeness (QED) is 0.735. The van der Waals surface area contributed by atoms with Crippen LogP contribution in [-0.2, 0) is 0 Å². The SMILES string of the molecule is Cc1ccc(F)cc1C(N)c1cc2sccc2s1. The second-order valence-electron chi connectivity index (χ2n) is 4.28. The molecule has 2 N–H and O–H groups in total. The normalized spacial score (nSPS) is 13.1. The Morgan fingerprint density at radius 2 is 2.00 bits per heavy atom. The maximum Gasteiger partial charge on any atom is 0.123 e. The summed E-state index contributed by atoms with van der Waals surface area (Å²) in [5.74, 6) is -0.232. The van der Waals surface area contributed by atoms with Crippen molar-refractivity contribution >= 4 is 32.1 Å². The number of aryl methyl sites for hydroxylation is 1. The topological polar surface area (TPSA) is 26.0 Å². The number of fused-ring (bicyclic) bond motifs is 1. The van der Waals surface area contributed by atoms with Gasteiger partial charge in [-0.1, -0.05) is 6.07 Å². The molecular weight excluding hydrogens is 265 g/mol. The van der Waals surface area contributed by atoms with Crippen molar-refractivity contribution in [3.05, 3.63) is 57.5 Å². The fourth-order valence-electron chi connectivity index (χ4n) is 2.04. The highest BCUT2D eigenvalue weighted by Crippen LogP contribution is 2.35. The molecule has 1 nitrogen and oxygen atoms in total. The highest BCUT2D eigenvalue weighted by molar-refractivity contribution is 7.27. The Bertz CT molecular complexity index is 670. The van der Waals surface area contributed by atoms with E-state index in [-0.39, 0.29) is 11.9 Å². The Morgan fingerprint density at radius 3 is 2.78 bits per heavy atom. The summed E-state index contributed by atoms with van der Waals surface area (Å²) in [6.45, 7) is 1.96. The van der Waals surface area contributed by atoms with E-state index in [1.165, 1.54) is 21.5 Å². The van der Waals surface area contributed by atoms with Gasteiger partial charge in [-0.05, 0) is 47.7 Å². The van der Waals surface area contributed by atoms with E-state index in [2.05, 4.69) is 17.5 Å². The summed E-state index contributed by atoms with van der Waals surface area (Å²) in [5.41, 5.74) is 8.15. The molecule has 1 unspecified atom stereocenters. The van der Waals surface area contributed by atoms with Gasteiger partial charge in [-0.3, -0.25) is 0 Å². The first kappa shape index (κ1) is 11.8. The highest BCUT2D eigenvalue weighted by Gasteiger charge is 2.15. The fourth-order valence-corrected chi connectivity index (χ4v) is 4.18. The van der Waals surface area contributed by atoms with Gasteiger partial charge in [-0.15, -0.1) is 22.7 Å². The summed E-state index contributed by atoms with van der Waals surface area (Å²) < 4.78 is 15.8. The van der Waals surface area contributed by atoms with Crippen LogP contribution in [0.1, 0.15) is 22.0 Å². The predicted octanol–water partition coefficient (Wildman–Crippen LogP) is 4.46. The molecule has 3 rings (SSSR count). The lowest BCUT2D eigenvalue weighted by Crippen LogP contribution is -2.12. The molecule has 2 heterocycles. The van der Waals surface area contributed by atoms with E-state index in [9.17, 15) is 4.39 Å². The molecular formula is C14H12FNS2. The lowest BCUT2D eigenvalue weighted by atomic mass is 10.0. The molecule has 4 heteroatoms. The standard InChI is InChI=1S/C14H12FNS2/c1-8-2-3-9(15)6-10(8)14(16)13-7-12-11(18-13)4-5-17-12/h2-7,14H,16H2,1H3. The lowest BCUT2D eigenvalue weighted by molar-refractivity contribution is 0.623. The Morgan fingerprint density at radius 1 is 1.17 bits per heavy atom. The monoisotopic (exact) mass is 277 g/mol. The average Bonchev–Trinajstić information content (AvgIpc) is 2.91. The number of rotatable bonds is 2. The number of benzene rings is 1. The third kappa shape index (κ3) is 1.96. The van der Waals surface area contributed by atoms with Gasteiger partial charge in [0, 0.05) is 14.3 Å². The Kier molecular flexibility index (Phi) is 2.93. The van der Waals surface area contributed by atoms with E-state index in [0.29, 0.717) is 0 Å². The van der Waals surface area contributed by atoms with Crippen molar-refractivity contribution in [3.63, 3.8) is 0 Å².